The summed E-state index contributed by atoms with van der Waals surface area (Å²) in [6.45, 7) is 9.19. The number of nitrogens with one attached hydrogen (secondary N) is 1. The lowest BCUT2D eigenvalue weighted by Crippen LogP contribution is -2.49. The molecule has 2 N–H and O–H groups in total. The van der Waals surface area contributed by atoms with Gasteiger partial charge in [0.2, 0.25) is 0 Å². The Morgan fingerprint density at radius 3 is 2.24 bits per heavy atom. The van der Waals surface area contributed by atoms with E-state index in [9.17, 15) is 23.1 Å². The van der Waals surface area contributed by atoms with Crippen molar-refractivity contribution in [3.05, 3.63) is 52.6 Å². The van der Waals surface area contributed by atoms with Crippen molar-refractivity contribution in [1.82, 2.24) is 4.90 Å². The summed E-state index contributed by atoms with van der Waals surface area (Å²) in [5.74, 6) is -1.17. The van der Waals surface area contributed by atoms with Crippen LogP contribution in [0.15, 0.2) is 35.2 Å². The van der Waals surface area contributed by atoms with E-state index in [4.69, 9.17) is 4.74 Å². The zero-order valence-corrected chi connectivity index (χ0v) is 20.0. The second-order valence-electron chi connectivity index (χ2n) is 8.02. The van der Waals surface area contributed by atoms with Gasteiger partial charge in [-0.1, -0.05) is 6.07 Å². The van der Waals surface area contributed by atoms with Crippen molar-refractivity contribution in [3.63, 3.8) is 0 Å². The van der Waals surface area contributed by atoms with E-state index in [1.165, 1.54) is 6.07 Å². The smallest absolute Gasteiger partial charge is 0.409 e. The van der Waals surface area contributed by atoms with E-state index < -0.39 is 16.0 Å². The third-order valence-electron chi connectivity index (χ3n) is 5.71. The van der Waals surface area contributed by atoms with Gasteiger partial charge in [0.15, 0.2) is 0 Å². The minimum absolute atomic E-state index is 0.0170. The van der Waals surface area contributed by atoms with Gasteiger partial charge in [-0.15, -0.1) is 0 Å². The van der Waals surface area contributed by atoms with Gasteiger partial charge in [-0.05, 0) is 68.7 Å². The first-order valence-corrected chi connectivity index (χ1v) is 12.2. The van der Waals surface area contributed by atoms with Crippen LogP contribution in [0.2, 0.25) is 0 Å². The molecule has 3 rings (SSSR count). The molecule has 9 nitrogen and oxygen atoms in total. The lowest BCUT2D eigenvalue weighted by atomic mass is 10.1. The number of rotatable bonds is 6. The summed E-state index contributed by atoms with van der Waals surface area (Å²) < 4.78 is 33.5. The number of anilines is 2. The number of carbonyl (C=O) groups excluding carboxylic acids is 1. The summed E-state index contributed by atoms with van der Waals surface area (Å²) >= 11 is 0. The van der Waals surface area contributed by atoms with Gasteiger partial charge in [0.25, 0.3) is 10.0 Å². The molecule has 0 unspecified atom stereocenters. The van der Waals surface area contributed by atoms with Crippen molar-refractivity contribution in [2.45, 2.75) is 32.6 Å². The number of nitrogens with zero attached hydrogens (tertiary/aromatic N) is 2. The second-order valence-corrected chi connectivity index (χ2v) is 9.67. The largest absolute Gasteiger partial charge is 0.478 e. The second kappa shape index (κ2) is 9.70. The molecular formula is C23H29N3O6S. The number of aromatic carboxylic acids is 1. The number of carbonyl (C=O) groups is 2. The normalized spacial score (nSPS) is 14.2. The predicted molar refractivity (Wildman–Crippen MR) is 126 cm³/mol. The summed E-state index contributed by atoms with van der Waals surface area (Å²) in [6.07, 6.45) is -0.387. The summed E-state index contributed by atoms with van der Waals surface area (Å²) in [5.41, 5.74) is 3.07. The van der Waals surface area contributed by atoms with Gasteiger partial charge in [-0.25, -0.2) is 18.0 Å². The SMILES string of the molecule is CCOC(=O)N1CCN(c2ccc(NS(=O)(=O)c3cc(C)c(C)cc3C)cc2C(=O)O)CC1. The maximum absolute atomic E-state index is 13.0. The fraction of sp³-hybridized carbons (Fsp3) is 0.391. The van der Waals surface area contributed by atoms with E-state index in [1.807, 2.05) is 24.8 Å². The van der Waals surface area contributed by atoms with Crippen LogP contribution in [-0.4, -0.2) is 63.3 Å². The molecule has 2 aromatic rings. The molecule has 0 radical (unpaired) electrons. The Morgan fingerprint density at radius 1 is 1.00 bits per heavy atom. The maximum Gasteiger partial charge on any atom is 0.409 e. The van der Waals surface area contributed by atoms with Crippen LogP contribution in [0.1, 0.15) is 34.0 Å². The van der Waals surface area contributed by atoms with E-state index in [-0.39, 0.29) is 22.2 Å². The molecular weight excluding hydrogens is 446 g/mol. The number of sulfonamides is 1. The summed E-state index contributed by atoms with van der Waals surface area (Å²) in [4.78, 5) is 27.5. The first-order chi connectivity index (χ1) is 15.5. The summed E-state index contributed by atoms with van der Waals surface area (Å²) in [7, 11) is -3.90. The van der Waals surface area contributed by atoms with Crippen molar-refractivity contribution in [2.75, 3.05) is 42.4 Å². The van der Waals surface area contributed by atoms with Gasteiger partial charge >= 0.3 is 12.1 Å². The average molecular weight is 476 g/mol. The number of hydrogen-bond acceptors (Lipinski definition) is 6. The van der Waals surface area contributed by atoms with Gasteiger partial charge in [-0.3, -0.25) is 4.72 Å². The Kier molecular flexibility index (Phi) is 7.16. The molecule has 0 aromatic heterocycles. The lowest BCUT2D eigenvalue weighted by Gasteiger charge is -2.36. The molecule has 1 saturated heterocycles. The molecule has 1 aliphatic heterocycles. The van der Waals surface area contributed by atoms with Crippen LogP contribution in [0.4, 0.5) is 16.2 Å². The minimum atomic E-state index is -3.90. The first kappa shape index (κ1) is 24.4. The Hall–Kier alpha value is -3.27. The predicted octanol–water partition coefficient (Wildman–Crippen LogP) is 3.39. The Balaban J connectivity index is 1.83. The van der Waals surface area contributed by atoms with E-state index in [0.717, 1.165) is 11.1 Å². The molecule has 0 saturated carbocycles. The third-order valence-corrected chi connectivity index (χ3v) is 7.23. The standard InChI is InChI=1S/C23H29N3O6S/c1-5-32-23(29)26-10-8-25(9-11-26)20-7-6-18(14-19(20)22(27)28)24-33(30,31)21-13-16(3)15(2)12-17(21)4/h6-7,12-14,24H,5,8-11H2,1-4H3,(H,27,28). The Morgan fingerprint density at radius 2 is 1.64 bits per heavy atom. The quantitative estimate of drug-likeness (QED) is 0.658. The topological polar surface area (TPSA) is 116 Å². The number of piperazine rings is 1. The number of aryl methyl sites for hydroxylation is 3. The number of hydrogen-bond donors (Lipinski definition) is 2. The Labute approximate surface area is 194 Å². The van der Waals surface area contributed by atoms with Crippen LogP contribution in [0.5, 0.6) is 0 Å². The highest BCUT2D eigenvalue weighted by atomic mass is 32.2. The molecule has 10 heteroatoms. The molecule has 1 aliphatic rings. The molecule has 33 heavy (non-hydrogen) atoms. The fourth-order valence-corrected chi connectivity index (χ4v) is 5.19. The number of ether oxygens (including phenoxy) is 1. The molecule has 2 aromatic carbocycles. The number of benzene rings is 2. The van der Waals surface area contributed by atoms with Gasteiger partial charge in [0.1, 0.15) is 0 Å². The first-order valence-electron chi connectivity index (χ1n) is 10.7. The van der Waals surface area contributed by atoms with Crippen LogP contribution in [0.3, 0.4) is 0 Å². The van der Waals surface area contributed by atoms with Crippen molar-refractivity contribution < 1.29 is 27.9 Å². The minimum Gasteiger partial charge on any atom is -0.478 e. The molecule has 1 heterocycles. The number of carboxylic acid groups (broad SMARTS) is 1. The monoisotopic (exact) mass is 475 g/mol. The molecule has 178 valence electrons. The highest BCUT2D eigenvalue weighted by molar-refractivity contribution is 7.92. The zero-order valence-electron chi connectivity index (χ0n) is 19.2. The van der Waals surface area contributed by atoms with Crippen molar-refractivity contribution in [3.8, 4) is 0 Å². The van der Waals surface area contributed by atoms with Crippen molar-refractivity contribution in [1.29, 1.82) is 0 Å². The van der Waals surface area contributed by atoms with Crippen LogP contribution in [0.25, 0.3) is 0 Å². The molecule has 0 aliphatic carbocycles. The van der Waals surface area contributed by atoms with Gasteiger partial charge in [0.05, 0.1) is 22.8 Å². The van der Waals surface area contributed by atoms with E-state index in [2.05, 4.69) is 4.72 Å². The van der Waals surface area contributed by atoms with E-state index >= 15 is 0 Å². The fourth-order valence-electron chi connectivity index (χ4n) is 3.82. The van der Waals surface area contributed by atoms with Crippen LogP contribution < -0.4 is 9.62 Å². The van der Waals surface area contributed by atoms with Gasteiger partial charge in [0, 0.05) is 31.9 Å². The van der Waals surface area contributed by atoms with Gasteiger partial charge in [-0.2, -0.15) is 0 Å². The molecule has 1 amide bonds. The van der Waals surface area contributed by atoms with Gasteiger partial charge < -0.3 is 19.6 Å². The van der Waals surface area contributed by atoms with Crippen LogP contribution in [0, 0.1) is 20.8 Å². The van der Waals surface area contributed by atoms with Crippen LogP contribution >= 0.6 is 0 Å². The highest BCUT2D eigenvalue weighted by Gasteiger charge is 2.26. The molecule has 1 fully saturated rings. The number of carboxylic acids is 1. The van der Waals surface area contributed by atoms with E-state index in [1.54, 1.807) is 36.9 Å². The molecule has 0 atom stereocenters. The number of amides is 1. The molecule has 0 bridgehead atoms. The third kappa shape index (κ3) is 5.39. The zero-order chi connectivity index (χ0) is 24.3. The van der Waals surface area contributed by atoms with Crippen LogP contribution in [-0.2, 0) is 14.8 Å². The van der Waals surface area contributed by atoms with E-state index in [0.29, 0.717) is 44.0 Å². The summed E-state index contributed by atoms with van der Waals surface area (Å²) in [6, 6.07) is 7.89. The Bertz CT molecular complexity index is 1170. The highest BCUT2D eigenvalue weighted by Crippen LogP contribution is 2.28. The molecule has 0 spiro atoms. The maximum atomic E-state index is 13.0. The van der Waals surface area contributed by atoms with Crippen molar-refractivity contribution >= 4 is 33.5 Å². The summed E-state index contributed by atoms with van der Waals surface area (Å²) in [5, 5.41) is 9.77. The lowest BCUT2D eigenvalue weighted by molar-refractivity contribution is 0.0696. The average Bonchev–Trinajstić information content (AvgIpc) is 2.76. The van der Waals surface area contributed by atoms with Crippen molar-refractivity contribution in [2.24, 2.45) is 0 Å².